The third-order valence-corrected chi connectivity index (χ3v) is 4.65. The van der Waals surface area contributed by atoms with Gasteiger partial charge in [-0.15, -0.1) is 0 Å². The summed E-state index contributed by atoms with van der Waals surface area (Å²) in [5.41, 5.74) is 3.22. The zero-order valence-corrected chi connectivity index (χ0v) is 17.1. The Balaban J connectivity index is 1.49. The number of carbonyl (C=O) groups is 2. The second kappa shape index (κ2) is 8.66. The molecule has 2 aromatic heterocycles. The summed E-state index contributed by atoms with van der Waals surface area (Å²) in [6.45, 7) is 3.44. The van der Waals surface area contributed by atoms with Crippen LogP contribution >= 0.6 is 0 Å². The molecule has 4 rings (SSSR count). The smallest absolute Gasteiger partial charge is 0.251 e. The number of aromatic nitrogens is 3. The van der Waals surface area contributed by atoms with Crippen LogP contribution in [-0.4, -0.2) is 26.6 Å². The van der Waals surface area contributed by atoms with Gasteiger partial charge < -0.3 is 15.1 Å². The van der Waals surface area contributed by atoms with Crippen molar-refractivity contribution in [3.8, 4) is 17.1 Å². The summed E-state index contributed by atoms with van der Waals surface area (Å²) in [6.07, 6.45) is 3.50. The molecule has 0 radical (unpaired) electrons. The molecule has 8 heteroatoms. The van der Waals surface area contributed by atoms with Crippen LogP contribution < -0.4 is 10.6 Å². The van der Waals surface area contributed by atoms with E-state index in [0.717, 1.165) is 5.69 Å². The van der Waals surface area contributed by atoms with Crippen molar-refractivity contribution in [1.82, 2.24) is 20.1 Å². The minimum Gasteiger partial charge on any atom is -0.441 e. The molecule has 0 atom stereocenters. The van der Waals surface area contributed by atoms with Crippen LogP contribution in [0.15, 0.2) is 71.4 Å². The van der Waals surface area contributed by atoms with Crippen LogP contribution in [-0.2, 0) is 11.3 Å². The highest BCUT2D eigenvalue weighted by Crippen LogP contribution is 2.28. The van der Waals surface area contributed by atoms with E-state index in [-0.39, 0.29) is 18.4 Å². The third kappa shape index (κ3) is 4.53. The molecule has 2 aromatic carbocycles. The molecule has 0 unspecified atom stereocenters. The Morgan fingerprint density at radius 3 is 2.71 bits per heavy atom. The molecule has 0 saturated carbocycles. The van der Waals surface area contributed by atoms with Gasteiger partial charge in [-0.25, -0.2) is 9.67 Å². The molecule has 0 aliphatic carbocycles. The maximum atomic E-state index is 12.7. The van der Waals surface area contributed by atoms with Crippen LogP contribution in [0.5, 0.6) is 0 Å². The fourth-order valence-electron chi connectivity index (χ4n) is 3.15. The van der Waals surface area contributed by atoms with Gasteiger partial charge >= 0.3 is 0 Å². The standard InChI is InChI=1S/C23H21N5O3/c1-15-21(27-23(31-15)19-9-3-4-10-20(19)26-16(2)29)14-24-22(30)17-7-5-8-18(13-17)28-12-6-11-25-28/h3-13H,14H2,1-2H3,(H,24,30)(H,26,29). The minimum absolute atomic E-state index is 0.180. The van der Waals surface area contributed by atoms with Crippen molar-refractivity contribution in [3.63, 3.8) is 0 Å². The average molecular weight is 415 g/mol. The first-order valence-electron chi connectivity index (χ1n) is 9.73. The van der Waals surface area contributed by atoms with Gasteiger partial charge in [0.25, 0.3) is 5.91 Å². The molecular weight excluding hydrogens is 394 g/mol. The molecule has 0 saturated heterocycles. The number of amides is 2. The van der Waals surface area contributed by atoms with Gasteiger partial charge in [0.15, 0.2) is 0 Å². The van der Waals surface area contributed by atoms with Crippen LogP contribution in [0.4, 0.5) is 5.69 Å². The Labute approximate surface area is 178 Å². The molecule has 2 amide bonds. The molecule has 0 aliphatic heterocycles. The highest BCUT2D eigenvalue weighted by atomic mass is 16.4. The number of hydrogen-bond acceptors (Lipinski definition) is 5. The predicted octanol–water partition coefficient (Wildman–Crippen LogP) is 3.72. The van der Waals surface area contributed by atoms with Crippen molar-refractivity contribution in [2.24, 2.45) is 0 Å². The summed E-state index contributed by atoms with van der Waals surface area (Å²) in [6, 6.07) is 16.3. The van der Waals surface area contributed by atoms with Gasteiger partial charge in [0.2, 0.25) is 11.8 Å². The van der Waals surface area contributed by atoms with Crippen LogP contribution in [0.25, 0.3) is 17.1 Å². The fraction of sp³-hybridized carbons (Fsp3) is 0.130. The third-order valence-electron chi connectivity index (χ3n) is 4.65. The van der Waals surface area contributed by atoms with Crippen LogP contribution in [0.1, 0.15) is 28.7 Å². The van der Waals surface area contributed by atoms with Gasteiger partial charge in [-0.3, -0.25) is 9.59 Å². The van der Waals surface area contributed by atoms with Crippen molar-refractivity contribution in [2.75, 3.05) is 5.32 Å². The van der Waals surface area contributed by atoms with E-state index in [1.165, 1.54) is 6.92 Å². The van der Waals surface area contributed by atoms with Crippen molar-refractivity contribution < 1.29 is 14.0 Å². The maximum Gasteiger partial charge on any atom is 0.251 e. The summed E-state index contributed by atoms with van der Waals surface area (Å²) in [7, 11) is 0. The maximum absolute atomic E-state index is 12.7. The molecule has 4 aromatic rings. The van der Waals surface area contributed by atoms with E-state index in [1.807, 2.05) is 42.6 Å². The van der Waals surface area contributed by atoms with E-state index in [2.05, 4.69) is 20.7 Å². The highest BCUT2D eigenvalue weighted by molar-refractivity contribution is 5.95. The van der Waals surface area contributed by atoms with Gasteiger partial charge in [-0.1, -0.05) is 18.2 Å². The first kappa shape index (κ1) is 20.1. The average Bonchev–Trinajstić information content (AvgIpc) is 3.42. The van der Waals surface area contributed by atoms with E-state index >= 15 is 0 Å². The Bertz CT molecular complexity index is 1230. The van der Waals surface area contributed by atoms with Gasteiger partial charge in [-0.05, 0) is 43.3 Å². The Kier molecular flexibility index (Phi) is 5.61. The first-order chi connectivity index (χ1) is 15.0. The minimum atomic E-state index is -0.225. The van der Waals surface area contributed by atoms with E-state index in [4.69, 9.17) is 4.42 Å². The second-order valence-corrected chi connectivity index (χ2v) is 6.93. The van der Waals surface area contributed by atoms with Crippen LogP contribution in [0.2, 0.25) is 0 Å². The molecule has 0 fully saturated rings. The largest absolute Gasteiger partial charge is 0.441 e. The lowest BCUT2D eigenvalue weighted by Gasteiger charge is -2.07. The van der Waals surface area contributed by atoms with E-state index in [0.29, 0.717) is 34.2 Å². The number of hydrogen-bond donors (Lipinski definition) is 2. The molecule has 2 heterocycles. The number of para-hydroxylation sites is 1. The molecule has 2 N–H and O–H groups in total. The summed E-state index contributed by atoms with van der Waals surface area (Å²) in [5.74, 6) is 0.571. The normalized spacial score (nSPS) is 10.6. The Morgan fingerprint density at radius 2 is 1.94 bits per heavy atom. The van der Waals surface area contributed by atoms with Gasteiger partial charge in [0.05, 0.1) is 23.5 Å². The molecule has 156 valence electrons. The highest BCUT2D eigenvalue weighted by Gasteiger charge is 2.16. The SMILES string of the molecule is CC(=O)Nc1ccccc1-c1nc(CNC(=O)c2cccc(-n3cccn3)c2)c(C)o1. The van der Waals surface area contributed by atoms with Crippen molar-refractivity contribution >= 4 is 17.5 Å². The number of rotatable bonds is 6. The molecular formula is C23H21N5O3. The van der Waals surface area contributed by atoms with Crippen molar-refractivity contribution in [1.29, 1.82) is 0 Å². The van der Waals surface area contributed by atoms with E-state index in [1.54, 1.807) is 36.0 Å². The quantitative estimate of drug-likeness (QED) is 0.500. The van der Waals surface area contributed by atoms with Crippen molar-refractivity contribution in [2.45, 2.75) is 20.4 Å². The number of benzene rings is 2. The van der Waals surface area contributed by atoms with E-state index in [9.17, 15) is 9.59 Å². The lowest BCUT2D eigenvalue weighted by atomic mass is 10.1. The van der Waals surface area contributed by atoms with Crippen LogP contribution in [0.3, 0.4) is 0 Å². The molecule has 31 heavy (non-hydrogen) atoms. The zero-order valence-electron chi connectivity index (χ0n) is 17.1. The van der Waals surface area contributed by atoms with Gasteiger partial charge in [0.1, 0.15) is 11.5 Å². The summed E-state index contributed by atoms with van der Waals surface area (Å²) in [4.78, 5) is 28.6. The summed E-state index contributed by atoms with van der Waals surface area (Å²) >= 11 is 0. The molecule has 8 nitrogen and oxygen atoms in total. The molecule has 0 spiro atoms. The number of anilines is 1. The van der Waals surface area contributed by atoms with Gasteiger partial charge in [-0.2, -0.15) is 5.10 Å². The first-order valence-corrected chi connectivity index (χ1v) is 9.73. The van der Waals surface area contributed by atoms with Crippen molar-refractivity contribution in [3.05, 3.63) is 84.0 Å². The lowest BCUT2D eigenvalue weighted by Crippen LogP contribution is -2.23. The second-order valence-electron chi connectivity index (χ2n) is 6.93. The fourth-order valence-corrected chi connectivity index (χ4v) is 3.15. The topological polar surface area (TPSA) is 102 Å². The zero-order chi connectivity index (χ0) is 21.8. The predicted molar refractivity (Wildman–Crippen MR) is 116 cm³/mol. The summed E-state index contributed by atoms with van der Waals surface area (Å²) in [5, 5.41) is 9.84. The monoisotopic (exact) mass is 415 g/mol. The Morgan fingerprint density at radius 1 is 1.10 bits per heavy atom. The Hall–Kier alpha value is -4.20. The number of nitrogens with one attached hydrogen (secondary N) is 2. The summed E-state index contributed by atoms with van der Waals surface area (Å²) < 4.78 is 7.50. The molecule has 0 aliphatic rings. The number of nitrogens with zero attached hydrogens (tertiary/aromatic N) is 3. The van der Waals surface area contributed by atoms with E-state index < -0.39 is 0 Å². The molecule has 0 bridgehead atoms. The van der Waals surface area contributed by atoms with Gasteiger partial charge in [0, 0.05) is 24.9 Å². The lowest BCUT2D eigenvalue weighted by molar-refractivity contribution is -0.114. The number of oxazole rings is 1. The van der Waals surface area contributed by atoms with Crippen LogP contribution in [0, 0.1) is 6.92 Å². The number of carbonyl (C=O) groups excluding carboxylic acids is 2. The number of aryl methyl sites for hydroxylation is 1.